The molecule has 0 aliphatic heterocycles. The second kappa shape index (κ2) is 8.42. The lowest BCUT2D eigenvalue weighted by atomic mass is 9.90. The molecule has 1 aliphatic rings. The molecular weight excluding hydrogens is 228 g/mol. The van der Waals surface area contributed by atoms with E-state index in [0.717, 1.165) is 12.4 Å². The van der Waals surface area contributed by atoms with Crippen molar-refractivity contribution in [1.29, 1.82) is 0 Å². The van der Waals surface area contributed by atoms with Crippen molar-refractivity contribution in [3.8, 4) is 0 Å². The Morgan fingerprint density at radius 3 is 2.47 bits per heavy atom. The average molecular weight is 258 g/mol. The lowest BCUT2D eigenvalue weighted by molar-refractivity contribution is 0.00493. The summed E-state index contributed by atoms with van der Waals surface area (Å²) in [7, 11) is 0. The summed E-state index contributed by atoms with van der Waals surface area (Å²) in [5.74, 6) is 0.996. The molecule has 0 aromatic rings. The third-order valence-electron chi connectivity index (χ3n) is 4.14. The molecule has 1 saturated carbocycles. The van der Waals surface area contributed by atoms with Crippen molar-refractivity contribution >= 4 is 12.6 Å². The Kier molecular flexibility index (Phi) is 7.61. The van der Waals surface area contributed by atoms with Crippen molar-refractivity contribution in [1.82, 2.24) is 0 Å². The minimum Gasteiger partial charge on any atom is -0.378 e. The molecule has 102 valence electrons. The van der Waals surface area contributed by atoms with Gasteiger partial charge in [0.2, 0.25) is 0 Å². The second-order valence-electron chi connectivity index (χ2n) is 5.84. The fraction of sp³-hybridized carbons (Fsp3) is 1.00. The van der Waals surface area contributed by atoms with Gasteiger partial charge in [0.15, 0.2) is 0 Å². The lowest BCUT2D eigenvalue weighted by Crippen LogP contribution is -2.28. The molecule has 1 rings (SSSR count). The van der Waals surface area contributed by atoms with Crippen LogP contribution in [-0.4, -0.2) is 18.5 Å². The Morgan fingerprint density at radius 2 is 1.88 bits per heavy atom. The Hall–Kier alpha value is 0.310. The Labute approximate surface area is 113 Å². The zero-order valence-corrected chi connectivity index (χ0v) is 12.6. The highest BCUT2D eigenvalue weighted by Gasteiger charge is 2.33. The highest BCUT2D eigenvalue weighted by Crippen LogP contribution is 2.39. The van der Waals surface area contributed by atoms with E-state index in [0.29, 0.717) is 11.5 Å². The first-order chi connectivity index (χ1) is 8.22. The van der Waals surface area contributed by atoms with Crippen LogP contribution in [0.4, 0.5) is 0 Å². The van der Waals surface area contributed by atoms with E-state index in [1.807, 2.05) is 0 Å². The number of hydrogen-bond donors (Lipinski definition) is 1. The predicted octanol–water partition coefficient (Wildman–Crippen LogP) is 4.85. The van der Waals surface area contributed by atoms with Crippen molar-refractivity contribution in [3.63, 3.8) is 0 Å². The van der Waals surface area contributed by atoms with Crippen LogP contribution < -0.4 is 0 Å². The van der Waals surface area contributed by atoms with Gasteiger partial charge in [0.25, 0.3) is 0 Å². The molecule has 0 spiro atoms. The Balaban J connectivity index is 2.11. The largest absolute Gasteiger partial charge is 0.378 e. The van der Waals surface area contributed by atoms with Crippen LogP contribution >= 0.6 is 12.6 Å². The average Bonchev–Trinajstić information content (AvgIpc) is 2.82. The first-order valence-electron chi connectivity index (χ1n) is 7.45. The fourth-order valence-corrected chi connectivity index (χ4v) is 3.14. The predicted molar refractivity (Wildman–Crippen MR) is 78.9 cm³/mol. The summed E-state index contributed by atoms with van der Waals surface area (Å²) in [6.07, 6.45) is 12.4. The van der Waals surface area contributed by atoms with Crippen molar-refractivity contribution < 1.29 is 4.74 Å². The van der Waals surface area contributed by atoms with Crippen LogP contribution in [0, 0.1) is 5.41 Å². The van der Waals surface area contributed by atoms with Gasteiger partial charge in [-0.05, 0) is 31.9 Å². The van der Waals surface area contributed by atoms with Gasteiger partial charge in [-0.3, -0.25) is 0 Å². The van der Waals surface area contributed by atoms with Gasteiger partial charge in [0.1, 0.15) is 0 Å². The molecule has 1 fully saturated rings. The summed E-state index contributed by atoms with van der Waals surface area (Å²) >= 11 is 4.52. The Bertz CT molecular complexity index is 187. The number of unbranched alkanes of at least 4 members (excludes halogenated alkanes) is 3. The summed E-state index contributed by atoms with van der Waals surface area (Å²) in [5.41, 5.74) is 0.404. The van der Waals surface area contributed by atoms with E-state index < -0.39 is 0 Å². The molecular formula is C15H30OS. The van der Waals surface area contributed by atoms with Gasteiger partial charge in [-0.15, -0.1) is 0 Å². The highest BCUT2D eigenvalue weighted by molar-refractivity contribution is 7.80. The maximum atomic E-state index is 6.05. The minimum atomic E-state index is 0.404. The molecule has 0 aromatic carbocycles. The smallest absolute Gasteiger partial charge is 0.0547 e. The molecule has 0 saturated heterocycles. The quantitative estimate of drug-likeness (QED) is 0.459. The van der Waals surface area contributed by atoms with Crippen LogP contribution in [0.1, 0.15) is 71.6 Å². The topological polar surface area (TPSA) is 9.23 Å². The first-order valence-corrected chi connectivity index (χ1v) is 8.08. The molecule has 0 amide bonds. The van der Waals surface area contributed by atoms with Crippen molar-refractivity contribution in [2.45, 2.75) is 77.7 Å². The van der Waals surface area contributed by atoms with E-state index in [1.165, 1.54) is 57.8 Å². The van der Waals surface area contributed by atoms with Crippen LogP contribution in [0.15, 0.2) is 0 Å². The summed E-state index contributed by atoms with van der Waals surface area (Å²) in [4.78, 5) is 0. The van der Waals surface area contributed by atoms with Crippen LogP contribution in [-0.2, 0) is 4.74 Å². The lowest BCUT2D eigenvalue weighted by Gasteiger charge is -2.28. The maximum absolute atomic E-state index is 6.05. The third kappa shape index (κ3) is 5.65. The summed E-state index contributed by atoms with van der Waals surface area (Å²) in [5, 5.41) is 0. The normalized spacial score (nSPS) is 20.6. The highest BCUT2D eigenvalue weighted by atomic mass is 32.1. The van der Waals surface area contributed by atoms with Gasteiger partial charge in [0.05, 0.1) is 12.7 Å². The molecule has 1 nitrogen and oxygen atoms in total. The van der Waals surface area contributed by atoms with Gasteiger partial charge >= 0.3 is 0 Å². The molecule has 0 aromatic heterocycles. The van der Waals surface area contributed by atoms with E-state index >= 15 is 0 Å². The summed E-state index contributed by atoms with van der Waals surface area (Å²) < 4.78 is 6.05. The monoisotopic (exact) mass is 258 g/mol. The zero-order valence-electron chi connectivity index (χ0n) is 11.7. The molecule has 0 N–H and O–H groups in total. The maximum Gasteiger partial charge on any atom is 0.0547 e. The summed E-state index contributed by atoms with van der Waals surface area (Å²) in [6, 6.07) is 0. The first kappa shape index (κ1) is 15.4. The van der Waals surface area contributed by atoms with E-state index in [4.69, 9.17) is 4.74 Å². The third-order valence-corrected chi connectivity index (χ3v) is 4.81. The van der Waals surface area contributed by atoms with Crippen LogP contribution in [0.2, 0.25) is 0 Å². The standard InChI is InChI=1S/C15H30OS/c1-3-4-5-6-9-14(2)16-12-15(13-17)10-7-8-11-15/h14,17H,3-13H2,1-2H3. The molecule has 1 aliphatic carbocycles. The molecule has 0 heterocycles. The van der Waals surface area contributed by atoms with Gasteiger partial charge < -0.3 is 4.74 Å². The molecule has 2 heteroatoms. The van der Waals surface area contributed by atoms with Crippen molar-refractivity contribution in [3.05, 3.63) is 0 Å². The molecule has 17 heavy (non-hydrogen) atoms. The van der Waals surface area contributed by atoms with Crippen LogP contribution in [0.5, 0.6) is 0 Å². The van der Waals surface area contributed by atoms with E-state index in [-0.39, 0.29) is 0 Å². The zero-order chi connectivity index (χ0) is 12.6. The van der Waals surface area contributed by atoms with Gasteiger partial charge in [-0.2, -0.15) is 12.6 Å². The number of rotatable bonds is 9. The van der Waals surface area contributed by atoms with Gasteiger partial charge in [0, 0.05) is 5.41 Å². The van der Waals surface area contributed by atoms with Crippen LogP contribution in [0.3, 0.4) is 0 Å². The Morgan fingerprint density at radius 1 is 1.18 bits per heavy atom. The van der Waals surface area contributed by atoms with Crippen molar-refractivity contribution in [2.75, 3.05) is 12.4 Å². The van der Waals surface area contributed by atoms with Crippen molar-refractivity contribution in [2.24, 2.45) is 5.41 Å². The summed E-state index contributed by atoms with van der Waals surface area (Å²) in [6.45, 7) is 5.43. The number of hydrogen-bond acceptors (Lipinski definition) is 2. The SMILES string of the molecule is CCCCCCC(C)OCC1(CS)CCCC1. The number of ether oxygens (including phenoxy) is 1. The molecule has 1 atom stereocenters. The number of thiol groups is 1. The van der Waals surface area contributed by atoms with E-state index in [9.17, 15) is 0 Å². The van der Waals surface area contributed by atoms with E-state index in [1.54, 1.807) is 0 Å². The van der Waals surface area contributed by atoms with Crippen LogP contribution in [0.25, 0.3) is 0 Å². The molecule has 0 radical (unpaired) electrons. The molecule has 1 unspecified atom stereocenters. The van der Waals surface area contributed by atoms with Gasteiger partial charge in [-0.25, -0.2) is 0 Å². The second-order valence-corrected chi connectivity index (χ2v) is 6.15. The molecule has 0 bridgehead atoms. The minimum absolute atomic E-state index is 0.404. The fourth-order valence-electron chi connectivity index (χ4n) is 2.73. The van der Waals surface area contributed by atoms with Gasteiger partial charge in [-0.1, -0.05) is 45.4 Å². The van der Waals surface area contributed by atoms with E-state index in [2.05, 4.69) is 26.5 Å².